The minimum absolute atomic E-state index is 0.0485. The standard InChI is InChI=1S/C20H31N3O5/c24-17-7-11-23(13-16(17)20(27)28)19(26)15-2-1-10-22(12-15)18(25)4-3-14-5-8-21-9-6-14/h14-16,21H,1-13H2,(H,27,28). The van der Waals surface area contributed by atoms with E-state index in [-0.39, 0.29) is 43.0 Å². The molecule has 0 spiro atoms. The molecule has 8 nitrogen and oxygen atoms in total. The lowest BCUT2D eigenvalue weighted by atomic mass is 9.91. The van der Waals surface area contributed by atoms with Crippen LogP contribution in [0.2, 0.25) is 0 Å². The van der Waals surface area contributed by atoms with Crippen LogP contribution in [0.5, 0.6) is 0 Å². The molecule has 0 bridgehead atoms. The van der Waals surface area contributed by atoms with E-state index >= 15 is 0 Å². The molecule has 2 amide bonds. The van der Waals surface area contributed by atoms with Gasteiger partial charge in [0.1, 0.15) is 5.92 Å². The summed E-state index contributed by atoms with van der Waals surface area (Å²) < 4.78 is 0. The zero-order chi connectivity index (χ0) is 20.1. The van der Waals surface area contributed by atoms with Gasteiger partial charge in [0, 0.05) is 39.0 Å². The lowest BCUT2D eigenvalue weighted by Crippen LogP contribution is -2.52. The summed E-state index contributed by atoms with van der Waals surface area (Å²) in [4.78, 5) is 51.8. The molecule has 2 N–H and O–H groups in total. The lowest BCUT2D eigenvalue weighted by molar-refractivity contribution is -0.152. The van der Waals surface area contributed by atoms with Crippen molar-refractivity contribution in [3.63, 3.8) is 0 Å². The molecule has 0 aromatic heterocycles. The smallest absolute Gasteiger partial charge is 0.315 e. The van der Waals surface area contributed by atoms with Crippen molar-refractivity contribution < 1.29 is 24.3 Å². The van der Waals surface area contributed by atoms with Gasteiger partial charge in [-0.15, -0.1) is 0 Å². The van der Waals surface area contributed by atoms with E-state index in [0.29, 0.717) is 31.8 Å². The average molecular weight is 393 g/mol. The molecule has 8 heteroatoms. The van der Waals surface area contributed by atoms with Crippen molar-refractivity contribution in [1.82, 2.24) is 15.1 Å². The van der Waals surface area contributed by atoms with Crippen molar-refractivity contribution in [3.8, 4) is 0 Å². The second-order valence-electron chi connectivity index (χ2n) is 8.30. The highest BCUT2D eigenvalue weighted by Crippen LogP contribution is 2.24. The van der Waals surface area contributed by atoms with E-state index in [4.69, 9.17) is 0 Å². The molecule has 3 rings (SSSR count). The summed E-state index contributed by atoms with van der Waals surface area (Å²) in [5.74, 6) is -2.28. The number of likely N-dealkylation sites (tertiary alicyclic amines) is 2. The van der Waals surface area contributed by atoms with Crippen LogP contribution in [0.4, 0.5) is 0 Å². The Morgan fingerprint density at radius 3 is 2.50 bits per heavy atom. The van der Waals surface area contributed by atoms with E-state index in [1.54, 1.807) is 4.90 Å². The molecule has 0 aromatic rings. The molecule has 3 fully saturated rings. The zero-order valence-corrected chi connectivity index (χ0v) is 16.4. The fourth-order valence-electron chi connectivity index (χ4n) is 4.57. The second-order valence-corrected chi connectivity index (χ2v) is 8.30. The van der Waals surface area contributed by atoms with Gasteiger partial charge in [-0.1, -0.05) is 0 Å². The Labute approximate surface area is 165 Å². The van der Waals surface area contributed by atoms with E-state index in [0.717, 1.165) is 38.8 Å². The van der Waals surface area contributed by atoms with Crippen LogP contribution in [0.3, 0.4) is 0 Å². The Kier molecular flexibility index (Phi) is 7.04. The molecule has 0 aliphatic carbocycles. The van der Waals surface area contributed by atoms with Crippen molar-refractivity contribution in [3.05, 3.63) is 0 Å². The molecule has 0 aromatic carbocycles. The van der Waals surface area contributed by atoms with Gasteiger partial charge in [-0.2, -0.15) is 0 Å². The number of piperidine rings is 3. The number of amides is 2. The number of nitrogens with zero attached hydrogens (tertiary/aromatic N) is 2. The molecular formula is C20H31N3O5. The van der Waals surface area contributed by atoms with E-state index in [1.165, 1.54) is 4.90 Å². The Morgan fingerprint density at radius 1 is 1.04 bits per heavy atom. The number of carbonyl (C=O) groups excluding carboxylic acids is 3. The predicted octanol–water partition coefficient (Wildman–Crippen LogP) is 0.507. The largest absolute Gasteiger partial charge is 0.481 e. The summed E-state index contributed by atoms with van der Waals surface area (Å²) in [5.41, 5.74) is 0. The number of carboxylic acids is 1. The van der Waals surface area contributed by atoms with Crippen LogP contribution in [0.25, 0.3) is 0 Å². The van der Waals surface area contributed by atoms with E-state index < -0.39 is 11.9 Å². The first-order valence-electron chi connectivity index (χ1n) is 10.5. The van der Waals surface area contributed by atoms with Crippen molar-refractivity contribution in [2.45, 2.75) is 44.9 Å². The Morgan fingerprint density at radius 2 is 1.79 bits per heavy atom. The molecule has 0 radical (unpaired) electrons. The topological polar surface area (TPSA) is 107 Å². The highest BCUT2D eigenvalue weighted by molar-refractivity contribution is 6.00. The summed E-state index contributed by atoms with van der Waals surface area (Å²) in [7, 11) is 0. The predicted molar refractivity (Wildman–Crippen MR) is 101 cm³/mol. The number of aliphatic carboxylic acids is 1. The first-order chi connectivity index (χ1) is 13.5. The number of carboxylic acid groups (broad SMARTS) is 1. The summed E-state index contributed by atoms with van der Waals surface area (Å²) in [6.45, 7) is 3.37. The van der Waals surface area contributed by atoms with Gasteiger partial charge in [0.25, 0.3) is 0 Å². The highest BCUT2D eigenvalue weighted by Gasteiger charge is 2.38. The Balaban J connectivity index is 1.50. The number of hydrogen-bond acceptors (Lipinski definition) is 5. The fraction of sp³-hybridized carbons (Fsp3) is 0.800. The third-order valence-corrected chi connectivity index (χ3v) is 6.38. The van der Waals surface area contributed by atoms with Crippen molar-refractivity contribution >= 4 is 23.6 Å². The molecular weight excluding hydrogens is 362 g/mol. The van der Waals surface area contributed by atoms with Crippen LogP contribution >= 0.6 is 0 Å². The molecule has 28 heavy (non-hydrogen) atoms. The first-order valence-corrected chi connectivity index (χ1v) is 10.5. The van der Waals surface area contributed by atoms with Gasteiger partial charge in [-0.3, -0.25) is 19.2 Å². The van der Waals surface area contributed by atoms with Crippen LogP contribution in [0.15, 0.2) is 0 Å². The number of nitrogens with one attached hydrogen (secondary N) is 1. The zero-order valence-electron chi connectivity index (χ0n) is 16.4. The maximum Gasteiger partial charge on any atom is 0.315 e. The van der Waals surface area contributed by atoms with Crippen LogP contribution in [0.1, 0.15) is 44.9 Å². The molecule has 3 aliphatic heterocycles. The van der Waals surface area contributed by atoms with Crippen molar-refractivity contribution in [1.29, 1.82) is 0 Å². The number of carbonyl (C=O) groups is 4. The van der Waals surface area contributed by atoms with Gasteiger partial charge in [-0.05, 0) is 51.1 Å². The minimum Gasteiger partial charge on any atom is -0.481 e. The SMILES string of the molecule is O=C(O)C1CN(C(=O)C2CCCN(C(=O)CCC3CCNCC3)C2)CCC1=O. The molecule has 3 saturated heterocycles. The summed E-state index contributed by atoms with van der Waals surface area (Å²) in [5, 5.41) is 12.5. The molecule has 2 atom stereocenters. The number of hydrogen-bond donors (Lipinski definition) is 2. The van der Waals surface area contributed by atoms with Crippen LogP contribution < -0.4 is 5.32 Å². The maximum absolute atomic E-state index is 12.9. The molecule has 3 aliphatic rings. The van der Waals surface area contributed by atoms with E-state index in [9.17, 15) is 24.3 Å². The van der Waals surface area contributed by atoms with Gasteiger partial charge in [0.15, 0.2) is 5.78 Å². The number of rotatable bonds is 5. The quantitative estimate of drug-likeness (QED) is 0.659. The fourth-order valence-corrected chi connectivity index (χ4v) is 4.57. The summed E-state index contributed by atoms with van der Waals surface area (Å²) in [6, 6.07) is 0. The van der Waals surface area contributed by atoms with Gasteiger partial charge in [0.05, 0.1) is 5.92 Å². The molecule has 156 valence electrons. The monoisotopic (exact) mass is 393 g/mol. The lowest BCUT2D eigenvalue weighted by Gasteiger charge is -2.37. The van der Waals surface area contributed by atoms with Gasteiger partial charge in [0.2, 0.25) is 11.8 Å². The highest BCUT2D eigenvalue weighted by atomic mass is 16.4. The second kappa shape index (κ2) is 9.49. The number of ketones is 1. The third kappa shape index (κ3) is 5.10. The van der Waals surface area contributed by atoms with E-state index in [2.05, 4.69) is 5.32 Å². The van der Waals surface area contributed by atoms with Crippen LogP contribution in [-0.2, 0) is 19.2 Å². The van der Waals surface area contributed by atoms with Crippen molar-refractivity contribution in [2.75, 3.05) is 39.3 Å². The summed E-state index contributed by atoms with van der Waals surface area (Å²) >= 11 is 0. The molecule has 2 unspecified atom stereocenters. The Hall–Kier alpha value is -1.96. The normalized spacial score (nSPS) is 26.9. The summed E-state index contributed by atoms with van der Waals surface area (Å²) in [6.07, 6.45) is 5.26. The van der Waals surface area contributed by atoms with Gasteiger partial charge < -0.3 is 20.2 Å². The van der Waals surface area contributed by atoms with Gasteiger partial charge in [-0.25, -0.2) is 0 Å². The average Bonchev–Trinajstić information content (AvgIpc) is 2.72. The van der Waals surface area contributed by atoms with E-state index in [1.807, 2.05) is 0 Å². The van der Waals surface area contributed by atoms with Gasteiger partial charge >= 0.3 is 5.97 Å². The molecule has 0 saturated carbocycles. The number of Topliss-reactive ketones (excluding diaryl/α,β-unsaturated/α-hetero) is 1. The third-order valence-electron chi connectivity index (χ3n) is 6.38. The Bertz CT molecular complexity index is 617. The first kappa shape index (κ1) is 20.8. The minimum atomic E-state index is -1.17. The maximum atomic E-state index is 12.9. The van der Waals surface area contributed by atoms with Crippen LogP contribution in [0, 0.1) is 17.8 Å². The van der Waals surface area contributed by atoms with Crippen LogP contribution in [-0.4, -0.2) is 77.7 Å². The molecule has 3 heterocycles. The van der Waals surface area contributed by atoms with Crippen molar-refractivity contribution in [2.24, 2.45) is 17.8 Å².